The van der Waals surface area contributed by atoms with Crippen molar-refractivity contribution < 1.29 is 18.7 Å². The lowest BCUT2D eigenvalue weighted by molar-refractivity contribution is -0.123. The van der Waals surface area contributed by atoms with Gasteiger partial charge in [-0.3, -0.25) is 4.79 Å². The fourth-order valence-electron chi connectivity index (χ4n) is 1.80. The summed E-state index contributed by atoms with van der Waals surface area (Å²) in [5.41, 5.74) is 3.23. The third-order valence-corrected chi connectivity index (χ3v) is 4.10. The molecule has 1 aromatic carbocycles. The molecule has 0 atom stereocenters. The normalized spacial score (nSPS) is 11.6. The molecule has 1 amide bonds. The first-order chi connectivity index (χ1) is 12.0. The highest BCUT2D eigenvalue weighted by atomic mass is 79.9. The van der Waals surface area contributed by atoms with Crippen molar-refractivity contribution in [3.05, 3.63) is 50.8 Å². The maximum Gasteiger partial charge on any atom is 0.277 e. The predicted octanol–water partition coefficient (Wildman–Crippen LogP) is 4.40. The quantitative estimate of drug-likeness (QED) is 0.479. The largest absolute Gasteiger partial charge is 0.497 e. The summed E-state index contributed by atoms with van der Waals surface area (Å²) in [5.74, 6) is 1.51. The summed E-state index contributed by atoms with van der Waals surface area (Å²) in [6, 6.07) is 7.12. The number of benzene rings is 1. The molecule has 6 nitrogen and oxygen atoms in total. The summed E-state index contributed by atoms with van der Waals surface area (Å²) in [4.78, 5) is 11.8. The van der Waals surface area contributed by atoms with Crippen molar-refractivity contribution in [3.8, 4) is 11.5 Å². The van der Waals surface area contributed by atoms with Gasteiger partial charge in [-0.2, -0.15) is 5.10 Å². The number of carbonyl (C=O) groups excluding carboxylic acids is 1. The van der Waals surface area contributed by atoms with Crippen molar-refractivity contribution in [3.63, 3.8) is 0 Å². The second kappa shape index (κ2) is 9.43. The number of halogens is 2. The molecule has 8 heteroatoms. The highest BCUT2D eigenvalue weighted by Gasteiger charge is 2.11. The zero-order valence-corrected chi connectivity index (χ0v) is 16.8. The van der Waals surface area contributed by atoms with Gasteiger partial charge in [0.05, 0.1) is 28.5 Å². The van der Waals surface area contributed by atoms with Crippen LogP contribution in [0.3, 0.4) is 0 Å². The van der Waals surface area contributed by atoms with Gasteiger partial charge in [-0.1, -0.05) is 0 Å². The van der Waals surface area contributed by atoms with Gasteiger partial charge >= 0.3 is 0 Å². The first kappa shape index (κ1) is 19.3. The zero-order valence-electron chi connectivity index (χ0n) is 13.6. The van der Waals surface area contributed by atoms with E-state index in [0.29, 0.717) is 26.2 Å². The van der Waals surface area contributed by atoms with Gasteiger partial charge < -0.3 is 13.9 Å². The van der Waals surface area contributed by atoms with Gasteiger partial charge in [-0.05, 0) is 74.7 Å². The Morgan fingerprint density at radius 1 is 1.36 bits per heavy atom. The van der Waals surface area contributed by atoms with Gasteiger partial charge in [0.25, 0.3) is 5.91 Å². The van der Waals surface area contributed by atoms with E-state index in [4.69, 9.17) is 13.9 Å². The molecule has 0 radical (unpaired) electrons. The van der Waals surface area contributed by atoms with Crippen LogP contribution in [0.25, 0.3) is 6.08 Å². The van der Waals surface area contributed by atoms with Crippen LogP contribution in [-0.2, 0) is 4.79 Å². The lowest BCUT2D eigenvalue weighted by atomic mass is 10.3. The lowest BCUT2D eigenvalue weighted by Gasteiger charge is -2.11. The SMILES string of the molecule is COc1cc(Br)c(OCC(=O)N/N=C\C(C)=C\c2ccco2)c(Br)c1. The molecule has 0 saturated carbocycles. The predicted molar refractivity (Wildman–Crippen MR) is 103 cm³/mol. The Hall–Kier alpha value is -2.06. The fourth-order valence-corrected chi connectivity index (χ4v) is 3.18. The summed E-state index contributed by atoms with van der Waals surface area (Å²) in [7, 11) is 1.57. The molecule has 0 spiro atoms. The summed E-state index contributed by atoms with van der Waals surface area (Å²) < 4.78 is 17.2. The van der Waals surface area contributed by atoms with Crippen LogP contribution in [0.2, 0.25) is 0 Å². The third-order valence-electron chi connectivity index (χ3n) is 2.93. The molecular formula is C17H16Br2N2O4. The number of ether oxygens (including phenoxy) is 2. The molecule has 1 heterocycles. The van der Waals surface area contributed by atoms with Gasteiger partial charge in [-0.15, -0.1) is 0 Å². The highest BCUT2D eigenvalue weighted by molar-refractivity contribution is 9.11. The van der Waals surface area contributed by atoms with Gasteiger partial charge in [0.15, 0.2) is 6.61 Å². The smallest absolute Gasteiger partial charge is 0.277 e. The van der Waals surface area contributed by atoms with Crippen LogP contribution in [-0.4, -0.2) is 25.8 Å². The van der Waals surface area contributed by atoms with E-state index < -0.39 is 0 Å². The second-order valence-electron chi connectivity index (χ2n) is 4.91. The van der Waals surface area contributed by atoms with Crippen molar-refractivity contribution >= 4 is 50.1 Å². The number of allylic oxidation sites excluding steroid dienone is 1. The Labute approximate surface area is 162 Å². The Balaban J connectivity index is 1.86. The minimum atomic E-state index is -0.378. The van der Waals surface area contributed by atoms with E-state index in [1.807, 2.05) is 13.0 Å². The number of rotatable bonds is 7. The van der Waals surface area contributed by atoms with Crippen molar-refractivity contribution in [2.45, 2.75) is 6.92 Å². The van der Waals surface area contributed by atoms with E-state index >= 15 is 0 Å². The number of nitrogens with one attached hydrogen (secondary N) is 1. The first-order valence-corrected chi connectivity index (χ1v) is 8.77. The molecule has 0 fully saturated rings. The maximum absolute atomic E-state index is 11.8. The Morgan fingerprint density at radius 3 is 2.68 bits per heavy atom. The average molecular weight is 472 g/mol. The average Bonchev–Trinajstić information content (AvgIpc) is 3.06. The van der Waals surface area contributed by atoms with Gasteiger partial charge in [0.2, 0.25) is 0 Å². The molecule has 0 aliphatic rings. The number of hydrazone groups is 1. The van der Waals surface area contributed by atoms with Gasteiger partial charge in [0, 0.05) is 0 Å². The second-order valence-corrected chi connectivity index (χ2v) is 6.61. The van der Waals surface area contributed by atoms with E-state index in [1.54, 1.807) is 37.6 Å². The summed E-state index contributed by atoms with van der Waals surface area (Å²) in [6.45, 7) is 1.67. The van der Waals surface area contributed by atoms with E-state index in [1.165, 1.54) is 6.21 Å². The topological polar surface area (TPSA) is 73.1 Å². The molecule has 0 aliphatic heterocycles. The standard InChI is InChI=1S/C17H16Br2N2O4/c1-11(6-12-4-3-5-24-12)9-20-21-16(22)10-25-17-14(18)7-13(23-2)8-15(17)19/h3-9H,10H2,1-2H3,(H,21,22)/b11-6+,20-9-. The number of methoxy groups -OCH3 is 1. The van der Waals surface area contributed by atoms with Crippen molar-refractivity contribution in [2.75, 3.05) is 13.7 Å². The highest BCUT2D eigenvalue weighted by Crippen LogP contribution is 2.37. The fraction of sp³-hybridized carbons (Fsp3) is 0.176. The summed E-state index contributed by atoms with van der Waals surface area (Å²) in [6.07, 6.45) is 4.92. The van der Waals surface area contributed by atoms with E-state index in [0.717, 1.165) is 5.57 Å². The van der Waals surface area contributed by atoms with Gasteiger partial charge in [-0.25, -0.2) is 5.43 Å². The van der Waals surface area contributed by atoms with Gasteiger partial charge in [0.1, 0.15) is 17.3 Å². The summed E-state index contributed by atoms with van der Waals surface area (Å²) >= 11 is 6.75. The molecule has 2 rings (SSSR count). The van der Waals surface area contributed by atoms with Crippen molar-refractivity contribution in [1.29, 1.82) is 0 Å². The Bertz CT molecular complexity index is 763. The molecule has 0 bridgehead atoms. The molecule has 132 valence electrons. The number of nitrogens with zero attached hydrogens (tertiary/aromatic N) is 1. The van der Waals surface area contributed by atoms with Crippen LogP contribution in [0.15, 0.2) is 54.6 Å². The molecular weight excluding hydrogens is 456 g/mol. The third kappa shape index (κ3) is 6.06. The minimum Gasteiger partial charge on any atom is -0.497 e. The first-order valence-electron chi connectivity index (χ1n) is 7.19. The van der Waals surface area contributed by atoms with Crippen molar-refractivity contribution in [1.82, 2.24) is 5.43 Å². The number of furan rings is 1. The number of amides is 1. The molecule has 2 aromatic rings. The Morgan fingerprint density at radius 2 is 2.08 bits per heavy atom. The van der Waals surface area contributed by atoms with Crippen LogP contribution >= 0.6 is 31.9 Å². The molecule has 0 saturated heterocycles. The maximum atomic E-state index is 11.8. The van der Waals surface area contributed by atoms with Crippen LogP contribution in [0.5, 0.6) is 11.5 Å². The number of hydrogen-bond acceptors (Lipinski definition) is 5. The van der Waals surface area contributed by atoms with Crippen LogP contribution in [0, 0.1) is 0 Å². The minimum absolute atomic E-state index is 0.179. The molecule has 1 aromatic heterocycles. The van der Waals surface area contributed by atoms with Crippen LogP contribution in [0.4, 0.5) is 0 Å². The zero-order chi connectivity index (χ0) is 18.2. The number of carbonyl (C=O) groups is 1. The monoisotopic (exact) mass is 470 g/mol. The van der Waals surface area contributed by atoms with E-state index in [2.05, 4.69) is 42.4 Å². The molecule has 1 N–H and O–H groups in total. The van der Waals surface area contributed by atoms with Crippen LogP contribution in [0.1, 0.15) is 12.7 Å². The Kier molecular flexibility index (Phi) is 7.27. The molecule has 0 aliphatic carbocycles. The molecule has 25 heavy (non-hydrogen) atoms. The van der Waals surface area contributed by atoms with Crippen LogP contribution < -0.4 is 14.9 Å². The number of hydrogen-bond donors (Lipinski definition) is 1. The molecule has 0 unspecified atom stereocenters. The van der Waals surface area contributed by atoms with Crippen molar-refractivity contribution in [2.24, 2.45) is 5.10 Å². The lowest BCUT2D eigenvalue weighted by Crippen LogP contribution is -2.24. The summed E-state index contributed by atoms with van der Waals surface area (Å²) in [5, 5.41) is 3.88. The van der Waals surface area contributed by atoms with E-state index in [9.17, 15) is 4.79 Å². The van der Waals surface area contributed by atoms with E-state index in [-0.39, 0.29) is 12.5 Å².